The van der Waals surface area contributed by atoms with Gasteiger partial charge in [0.1, 0.15) is 5.75 Å². The summed E-state index contributed by atoms with van der Waals surface area (Å²) in [6.07, 6.45) is 0.421. The standard InChI is InChI=1S/C17H15ClF3NO2/c1-10-9-11(18)4-7-14(10)24-8-2-3-15(23)22-13-6-5-12(19)16(20)17(13)21/h4-7,9H,2-3,8H2,1H3,(H,22,23). The van der Waals surface area contributed by atoms with Crippen molar-refractivity contribution in [3.05, 3.63) is 58.4 Å². The summed E-state index contributed by atoms with van der Waals surface area (Å²) in [6, 6.07) is 6.91. The van der Waals surface area contributed by atoms with Crippen LogP contribution in [0.1, 0.15) is 18.4 Å². The minimum absolute atomic E-state index is 0.0467. The Bertz CT molecular complexity index is 753. The van der Waals surface area contributed by atoms with Crippen molar-refractivity contribution in [2.75, 3.05) is 11.9 Å². The largest absolute Gasteiger partial charge is 0.493 e. The fourth-order valence-electron chi connectivity index (χ4n) is 2.02. The lowest BCUT2D eigenvalue weighted by atomic mass is 10.2. The first-order valence-electron chi connectivity index (χ1n) is 7.21. The number of hydrogen-bond donors (Lipinski definition) is 1. The molecule has 24 heavy (non-hydrogen) atoms. The number of anilines is 1. The lowest BCUT2D eigenvalue weighted by Gasteiger charge is -2.10. The summed E-state index contributed by atoms with van der Waals surface area (Å²) in [5.74, 6) is -4.20. The number of aryl methyl sites for hydroxylation is 1. The Kier molecular flexibility index (Phi) is 6.09. The van der Waals surface area contributed by atoms with Crippen molar-refractivity contribution in [2.45, 2.75) is 19.8 Å². The number of carbonyl (C=O) groups is 1. The van der Waals surface area contributed by atoms with Crippen LogP contribution in [0.15, 0.2) is 30.3 Å². The third-order valence-electron chi connectivity index (χ3n) is 3.25. The number of ether oxygens (including phenoxy) is 1. The van der Waals surface area contributed by atoms with Gasteiger partial charge in [-0.2, -0.15) is 0 Å². The van der Waals surface area contributed by atoms with E-state index >= 15 is 0 Å². The van der Waals surface area contributed by atoms with Crippen LogP contribution in [0.25, 0.3) is 0 Å². The molecule has 128 valence electrons. The lowest BCUT2D eigenvalue weighted by molar-refractivity contribution is -0.116. The number of carbonyl (C=O) groups excluding carboxylic acids is 1. The first-order valence-corrected chi connectivity index (χ1v) is 7.58. The van der Waals surface area contributed by atoms with Crippen LogP contribution >= 0.6 is 11.6 Å². The molecule has 0 fully saturated rings. The number of benzene rings is 2. The maximum atomic E-state index is 13.4. The third-order valence-corrected chi connectivity index (χ3v) is 3.49. The molecule has 0 aliphatic rings. The van der Waals surface area contributed by atoms with Crippen LogP contribution in [-0.2, 0) is 4.79 Å². The van der Waals surface area contributed by atoms with E-state index in [9.17, 15) is 18.0 Å². The van der Waals surface area contributed by atoms with Gasteiger partial charge in [0, 0.05) is 11.4 Å². The minimum Gasteiger partial charge on any atom is -0.493 e. The molecule has 0 heterocycles. The molecule has 0 saturated carbocycles. The van der Waals surface area contributed by atoms with Crippen LogP contribution in [0.4, 0.5) is 18.9 Å². The van der Waals surface area contributed by atoms with Crippen molar-refractivity contribution in [1.82, 2.24) is 0 Å². The van der Waals surface area contributed by atoms with Gasteiger partial charge in [-0.15, -0.1) is 0 Å². The molecule has 1 N–H and O–H groups in total. The molecule has 0 aliphatic heterocycles. The van der Waals surface area contributed by atoms with E-state index in [1.807, 2.05) is 6.92 Å². The van der Waals surface area contributed by atoms with E-state index in [4.69, 9.17) is 16.3 Å². The maximum Gasteiger partial charge on any atom is 0.224 e. The normalized spacial score (nSPS) is 10.5. The topological polar surface area (TPSA) is 38.3 Å². The quantitative estimate of drug-likeness (QED) is 0.592. The van der Waals surface area contributed by atoms with Crippen molar-refractivity contribution in [3.63, 3.8) is 0 Å². The van der Waals surface area contributed by atoms with Crippen LogP contribution < -0.4 is 10.1 Å². The van der Waals surface area contributed by atoms with Crippen LogP contribution in [0.2, 0.25) is 5.02 Å². The van der Waals surface area contributed by atoms with Gasteiger partial charge in [-0.1, -0.05) is 11.6 Å². The molecule has 0 aromatic heterocycles. The van der Waals surface area contributed by atoms with Gasteiger partial charge in [-0.3, -0.25) is 4.79 Å². The second-order valence-corrected chi connectivity index (χ2v) is 5.57. The average molecular weight is 358 g/mol. The van der Waals surface area contributed by atoms with E-state index in [1.165, 1.54) is 0 Å². The Morgan fingerprint density at radius 3 is 2.62 bits per heavy atom. The Morgan fingerprint density at radius 2 is 1.92 bits per heavy atom. The molecule has 1 amide bonds. The predicted octanol–water partition coefficient (Wildman–Crippen LogP) is 4.86. The number of hydrogen-bond acceptors (Lipinski definition) is 2. The molecule has 0 atom stereocenters. The van der Waals surface area contributed by atoms with Gasteiger partial charge < -0.3 is 10.1 Å². The molecule has 0 aliphatic carbocycles. The average Bonchev–Trinajstić information content (AvgIpc) is 2.54. The first kappa shape index (κ1) is 18.1. The van der Waals surface area contributed by atoms with Crippen molar-refractivity contribution in [2.24, 2.45) is 0 Å². The van der Waals surface area contributed by atoms with Gasteiger partial charge >= 0.3 is 0 Å². The molecule has 0 unspecified atom stereocenters. The summed E-state index contributed by atoms with van der Waals surface area (Å²) in [5.41, 5.74) is 0.476. The molecular weight excluding hydrogens is 343 g/mol. The summed E-state index contributed by atoms with van der Waals surface area (Å²) in [6.45, 7) is 2.12. The second kappa shape index (κ2) is 8.06. The van der Waals surface area contributed by atoms with E-state index in [1.54, 1.807) is 18.2 Å². The van der Waals surface area contributed by atoms with Crippen molar-refractivity contribution >= 4 is 23.2 Å². The highest BCUT2D eigenvalue weighted by Gasteiger charge is 2.15. The monoisotopic (exact) mass is 357 g/mol. The fourth-order valence-corrected chi connectivity index (χ4v) is 2.25. The smallest absolute Gasteiger partial charge is 0.224 e. The van der Waals surface area contributed by atoms with Gasteiger partial charge in [0.05, 0.1) is 12.3 Å². The van der Waals surface area contributed by atoms with Crippen molar-refractivity contribution in [3.8, 4) is 5.75 Å². The highest BCUT2D eigenvalue weighted by molar-refractivity contribution is 6.30. The molecule has 3 nitrogen and oxygen atoms in total. The maximum absolute atomic E-state index is 13.4. The molecule has 0 radical (unpaired) electrons. The zero-order chi connectivity index (χ0) is 17.7. The molecule has 0 spiro atoms. The van der Waals surface area contributed by atoms with E-state index in [0.717, 1.165) is 17.7 Å². The summed E-state index contributed by atoms with van der Waals surface area (Å²) >= 11 is 5.84. The summed E-state index contributed by atoms with van der Waals surface area (Å²) in [5, 5.41) is 2.81. The third kappa shape index (κ3) is 4.64. The predicted molar refractivity (Wildman–Crippen MR) is 85.9 cm³/mol. The van der Waals surface area contributed by atoms with Crippen LogP contribution in [-0.4, -0.2) is 12.5 Å². The highest BCUT2D eigenvalue weighted by atomic mass is 35.5. The molecule has 2 rings (SSSR count). The Morgan fingerprint density at radius 1 is 1.17 bits per heavy atom. The van der Waals surface area contributed by atoms with Gasteiger partial charge in [-0.05, 0) is 49.2 Å². The Hall–Kier alpha value is -2.21. The lowest BCUT2D eigenvalue weighted by Crippen LogP contribution is -2.14. The summed E-state index contributed by atoms with van der Waals surface area (Å²) in [7, 11) is 0. The molecular formula is C17H15ClF3NO2. The minimum atomic E-state index is -1.62. The van der Waals surface area contributed by atoms with Crippen LogP contribution in [0.5, 0.6) is 5.75 Å². The van der Waals surface area contributed by atoms with E-state index in [0.29, 0.717) is 17.2 Å². The zero-order valence-corrected chi connectivity index (χ0v) is 13.6. The van der Waals surface area contributed by atoms with Crippen LogP contribution in [0.3, 0.4) is 0 Å². The van der Waals surface area contributed by atoms with Gasteiger partial charge in [0.15, 0.2) is 17.5 Å². The van der Waals surface area contributed by atoms with E-state index < -0.39 is 29.0 Å². The van der Waals surface area contributed by atoms with Gasteiger partial charge in [0.25, 0.3) is 0 Å². The summed E-state index contributed by atoms with van der Waals surface area (Å²) < 4.78 is 44.9. The van der Waals surface area contributed by atoms with Crippen molar-refractivity contribution in [1.29, 1.82) is 0 Å². The Balaban J connectivity index is 1.80. The Labute approximate surface area is 142 Å². The van der Waals surface area contributed by atoms with Gasteiger partial charge in [-0.25, -0.2) is 13.2 Å². The fraction of sp³-hybridized carbons (Fsp3) is 0.235. The number of amides is 1. The molecule has 7 heteroatoms. The highest BCUT2D eigenvalue weighted by Crippen LogP contribution is 2.22. The van der Waals surface area contributed by atoms with Gasteiger partial charge in [0.2, 0.25) is 5.91 Å². The SMILES string of the molecule is Cc1cc(Cl)ccc1OCCCC(=O)Nc1ccc(F)c(F)c1F. The number of halogens is 4. The number of nitrogens with one attached hydrogen (secondary N) is 1. The molecule has 0 bridgehead atoms. The second-order valence-electron chi connectivity index (χ2n) is 5.13. The zero-order valence-electron chi connectivity index (χ0n) is 12.8. The van der Waals surface area contributed by atoms with E-state index in [2.05, 4.69) is 5.32 Å². The van der Waals surface area contributed by atoms with E-state index in [-0.39, 0.29) is 13.0 Å². The first-order chi connectivity index (χ1) is 11.4. The molecule has 2 aromatic carbocycles. The molecule has 0 saturated heterocycles. The van der Waals surface area contributed by atoms with Crippen molar-refractivity contribution < 1.29 is 22.7 Å². The summed E-state index contributed by atoms with van der Waals surface area (Å²) in [4.78, 5) is 11.7. The number of rotatable bonds is 6. The molecule has 2 aromatic rings. The van der Waals surface area contributed by atoms with Crippen LogP contribution in [0, 0.1) is 24.4 Å².